The van der Waals surface area contributed by atoms with Crippen molar-refractivity contribution in [1.82, 2.24) is 15.3 Å². The van der Waals surface area contributed by atoms with Crippen LogP contribution >= 0.6 is 0 Å². The molecule has 19 heavy (non-hydrogen) atoms. The average Bonchev–Trinajstić information content (AvgIpc) is 2.43. The number of hydrogen-bond acceptors (Lipinski definition) is 5. The molecule has 0 saturated carbocycles. The lowest BCUT2D eigenvalue weighted by molar-refractivity contribution is -0.138. The van der Waals surface area contributed by atoms with E-state index < -0.39 is 17.9 Å². The summed E-state index contributed by atoms with van der Waals surface area (Å²) >= 11 is 0. The fraction of sp³-hybridized carbons (Fsp3) is 0.167. The Hall–Kier alpha value is -2.54. The smallest absolute Gasteiger partial charge is 0.322 e. The molecule has 1 unspecified atom stereocenters. The van der Waals surface area contributed by atoms with Crippen molar-refractivity contribution < 1.29 is 14.7 Å². The van der Waals surface area contributed by atoms with E-state index in [1.807, 2.05) is 6.07 Å². The van der Waals surface area contributed by atoms with Crippen molar-refractivity contribution >= 4 is 22.9 Å². The number of hydrogen-bond donors (Lipinski definition) is 3. The molecule has 1 aromatic heterocycles. The number of benzene rings is 1. The summed E-state index contributed by atoms with van der Waals surface area (Å²) < 4.78 is 0. The lowest BCUT2D eigenvalue weighted by atomic mass is 10.3. The maximum absolute atomic E-state index is 11.8. The second-order valence-corrected chi connectivity index (χ2v) is 3.90. The number of aliphatic carboxylic acids is 1. The number of carboxylic acid groups (broad SMARTS) is 1. The van der Waals surface area contributed by atoms with Crippen LogP contribution in [0.5, 0.6) is 0 Å². The second kappa shape index (κ2) is 5.40. The summed E-state index contributed by atoms with van der Waals surface area (Å²) in [6.45, 7) is -0.164. The Kier molecular flexibility index (Phi) is 3.67. The van der Waals surface area contributed by atoms with E-state index in [1.54, 1.807) is 18.2 Å². The number of aromatic nitrogens is 2. The van der Waals surface area contributed by atoms with Gasteiger partial charge in [0.05, 0.1) is 17.2 Å². The predicted molar refractivity (Wildman–Crippen MR) is 67.5 cm³/mol. The molecule has 7 nitrogen and oxygen atoms in total. The fourth-order valence-corrected chi connectivity index (χ4v) is 1.45. The van der Waals surface area contributed by atoms with Crippen LogP contribution in [-0.4, -0.2) is 39.5 Å². The van der Waals surface area contributed by atoms with Crippen LogP contribution in [0.3, 0.4) is 0 Å². The highest BCUT2D eigenvalue weighted by molar-refractivity contribution is 5.94. The zero-order valence-electron chi connectivity index (χ0n) is 9.91. The van der Waals surface area contributed by atoms with Crippen LogP contribution in [0.1, 0.15) is 10.5 Å². The van der Waals surface area contributed by atoms with E-state index >= 15 is 0 Å². The Morgan fingerprint density at radius 3 is 2.68 bits per heavy atom. The summed E-state index contributed by atoms with van der Waals surface area (Å²) in [5, 5.41) is 11.0. The van der Waals surface area contributed by atoms with Gasteiger partial charge in [-0.1, -0.05) is 12.1 Å². The molecule has 7 heteroatoms. The van der Waals surface area contributed by atoms with Gasteiger partial charge in [0.2, 0.25) is 0 Å². The number of carboxylic acids is 1. The van der Waals surface area contributed by atoms with Crippen molar-refractivity contribution in [3.63, 3.8) is 0 Å². The van der Waals surface area contributed by atoms with E-state index in [9.17, 15) is 9.59 Å². The van der Waals surface area contributed by atoms with E-state index in [2.05, 4.69) is 15.3 Å². The zero-order chi connectivity index (χ0) is 13.8. The molecule has 0 fully saturated rings. The summed E-state index contributed by atoms with van der Waals surface area (Å²) in [7, 11) is 0. The monoisotopic (exact) mass is 260 g/mol. The number of para-hydroxylation sites is 2. The molecule has 1 aromatic carbocycles. The van der Waals surface area contributed by atoms with E-state index in [0.717, 1.165) is 0 Å². The molecule has 0 radical (unpaired) electrons. The van der Waals surface area contributed by atoms with Crippen LogP contribution in [0.25, 0.3) is 11.0 Å². The predicted octanol–water partition coefficient (Wildman–Crippen LogP) is -0.229. The van der Waals surface area contributed by atoms with Gasteiger partial charge in [0.15, 0.2) is 0 Å². The van der Waals surface area contributed by atoms with Crippen molar-refractivity contribution in [2.24, 2.45) is 5.73 Å². The average molecular weight is 260 g/mol. The first-order chi connectivity index (χ1) is 9.08. The molecular formula is C12H12N4O3. The Morgan fingerprint density at radius 1 is 1.32 bits per heavy atom. The van der Waals surface area contributed by atoms with E-state index in [0.29, 0.717) is 11.0 Å². The third kappa shape index (κ3) is 3.02. The molecule has 1 heterocycles. The van der Waals surface area contributed by atoms with Crippen LogP contribution in [0.15, 0.2) is 30.5 Å². The normalized spacial score (nSPS) is 12.1. The van der Waals surface area contributed by atoms with Gasteiger partial charge >= 0.3 is 5.97 Å². The Bertz CT molecular complexity index is 629. The molecule has 0 aliphatic heterocycles. The lowest BCUT2D eigenvalue weighted by Crippen LogP contribution is -2.42. The van der Waals surface area contributed by atoms with Gasteiger partial charge in [-0.05, 0) is 12.1 Å². The van der Waals surface area contributed by atoms with Crippen molar-refractivity contribution in [3.8, 4) is 0 Å². The molecule has 2 aromatic rings. The number of carbonyl (C=O) groups is 2. The van der Waals surface area contributed by atoms with Gasteiger partial charge in [0.25, 0.3) is 5.91 Å². The first kappa shape index (κ1) is 12.9. The second-order valence-electron chi connectivity index (χ2n) is 3.90. The summed E-state index contributed by atoms with van der Waals surface area (Å²) in [6, 6.07) is 5.99. The molecule has 1 atom stereocenters. The van der Waals surface area contributed by atoms with Gasteiger partial charge in [-0.3, -0.25) is 14.6 Å². The summed E-state index contributed by atoms with van der Waals surface area (Å²) in [5.41, 5.74) is 6.68. The molecule has 1 amide bonds. The van der Waals surface area contributed by atoms with Gasteiger partial charge in [-0.2, -0.15) is 0 Å². The highest BCUT2D eigenvalue weighted by Gasteiger charge is 2.14. The van der Waals surface area contributed by atoms with Crippen LogP contribution < -0.4 is 11.1 Å². The van der Waals surface area contributed by atoms with Crippen molar-refractivity contribution in [1.29, 1.82) is 0 Å². The summed E-state index contributed by atoms with van der Waals surface area (Å²) in [5.74, 6) is -1.68. The topological polar surface area (TPSA) is 118 Å². The number of nitrogens with two attached hydrogens (primary N) is 1. The minimum Gasteiger partial charge on any atom is -0.480 e. The quantitative estimate of drug-likeness (QED) is 0.699. The number of nitrogens with zero attached hydrogens (tertiary/aromatic N) is 2. The van der Waals surface area contributed by atoms with Crippen molar-refractivity contribution in [2.75, 3.05) is 6.54 Å². The summed E-state index contributed by atoms with van der Waals surface area (Å²) in [6.07, 6.45) is 1.34. The van der Waals surface area contributed by atoms with Gasteiger partial charge in [-0.15, -0.1) is 0 Å². The number of fused-ring (bicyclic) bond motifs is 1. The van der Waals surface area contributed by atoms with E-state index in [-0.39, 0.29) is 12.2 Å². The number of amides is 1. The van der Waals surface area contributed by atoms with Gasteiger partial charge in [-0.25, -0.2) is 4.98 Å². The Balaban J connectivity index is 2.11. The van der Waals surface area contributed by atoms with E-state index in [1.165, 1.54) is 6.20 Å². The van der Waals surface area contributed by atoms with Gasteiger partial charge in [0.1, 0.15) is 11.7 Å². The van der Waals surface area contributed by atoms with Crippen molar-refractivity contribution in [2.45, 2.75) is 6.04 Å². The molecule has 0 spiro atoms. The minimum atomic E-state index is -1.18. The molecule has 2 rings (SSSR count). The largest absolute Gasteiger partial charge is 0.480 e. The first-order valence-electron chi connectivity index (χ1n) is 5.56. The fourth-order valence-electron chi connectivity index (χ4n) is 1.45. The highest BCUT2D eigenvalue weighted by atomic mass is 16.4. The molecular weight excluding hydrogens is 248 g/mol. The maximum atomic E-state index is 11.8. The van der Waals surface area contributed by atoms with Crippen LogP contribution in [0.4, 0.5) is 0 Å². The Morgan fingerprint density at radius 2 is 2.00 bits per heavy atom. The van der Waals surface area contributed by atoms with Crippen LogP contribution in [0, 0.1) is 0 Å². The first-order valence-corrected chi connectivity index (χ1v) is 5.56. The van der Waals surface area contributed by atoms with Gasteiger partial charge in [0, 0.05) is 6.54 Å². The molecule has 0 aliphatic rings. The standard InChI is InChI=1S/C12H12N4O3/c13-7(12(18)19)5-15-11(17)10-6-14-8-3-1-2-4-9(8)16-10/h1-4,6-7H,5,13H2,(H,15,17)(H,18,19). The van der Waals surface area contributed by atoms with Crippen LogP contribution in [-0.2, 0) is 4.79 Å². The Labute approximate surface area is 108 Å². The summed E-state index contributed by atoms with van der Waals surface area (Å²) in [4.78, 5) is 30.5. The maximum Gasteiger partial charge on any atom is 0.322 e. The third-order valence-electron chi connectivity index (χ3n) is 2.48. The SMILES string of the molecule is NC(CNC(=O)c1cnc2ccccc2n1)C(=O)O. The molecule has 0 saturated heterocycles. The van der Waals surface area contributed by atoms with Crippen molar-refractivity contribution in [3.05, 3.63) is 36.2 Å². The zero-order valence-corrected chi connectivity index (χ0v) is 9.91. The van der Waals surface area contributed by atoms with Gasteiger partial charge < -0.3 is 16.2 Å². The lowest BCUT2D eigenvalue weighted by Gasteiger charge is -2.08. The molecule has 4 N–H and O–H groups in total. The highest BCUT2D eigenvalue weighted by Crippen LogP contribution is 2.08. The molecule has 0 bridgehead atoms. The molecule has 98 valence electrons. The third-order valence-corrected chi connectivity index (χ3v) is 2.48. The van der Waals surface area contributed by atoms with Crippen LogP contribution in [0.2, 0.25) is 0 Å². The van der Waals surface area contributed by atoms with E-state index in [4.69, 9.17) is 10.8 Å². The number of rotatable bonds is 4. The number of nitrogens with one attached hydrogen (secondary N) is 1. The minimum absolute atomic E-state index is 0.122. The number of carbonyl (C=O) groups excluding carboxylic acids is 1. The molecule has 0 aliphatic carbocycles.